The molecule has 1 N–H and O–H groups in total. The van der Waals surface area contributed by atoms with Crippen LogP contribution in [-0.2, 0) is 9.53 Å². The first-order valence-electron chi connectivity index (χ1n) is 8.37. The highest BCUT2D eigenvalue weighted by atomic mass is 16.6. The van der Waals surface area contributed by atoms with E-state index >= 15 is 0 Å². The lowest BCUT2D eigenvalue weighted by Gasteiger charge is -2.24. The van der Waals surface area contributed by atoms with Crippen LogP contribution in [0.15, 0.2) is 0 Å². The normalized spacial score (nSPS) is 13.2. The SMILES string of the molecule is CCCCCCCCC(NCCC)C(=O)OC(C)(C)C. The number of rotatable bonds is 11. The molecule has 0 aromatic rings. The van der Waals surface area contributed by atoms with Crippen molar-refractivity contribution < 1.29 is 9.53 Å². The molecule has 0 heterocycles. The van der Waals surface area contributed by atoms with Gasteiger partial charge < -0.3 is 10.1 Å². The van der Waals surface area contributed by atoms with E-state index in [-0.39, 0.29) is 12.0 Å². The molecular formula is C17H35NO2. The molecule has 0 saturated heterocycles. The van der Waals surface area contributed by atoms with E-state index in [1.165, 1.54) is 32.1 Å². The number of nitrogens with one attached hydrogen (secondary N) is 1. The Hall–Kier alpha value is -0.570. The molecule has 0 aliphatic rings. The Morgan fingerprint density at radius 1 is 1.00 bits per heavy atom. The van der Waals surface area contributed by atoms with Crippen molar-refractivity contribution in [1.82, 2.24) is 5.32 Å². The molecule has 0 amide bonds. The summed E-state index contributed by atoms with van der Waals surface area (Å²) in [5.74, 6) is -0.0977. The molecule has 0 aliphatic heterocycles. The molecule has 0 fully saturated rings. The van der Waals surface area contributed by atoms with Crippen LogP contribution in [0.2, 0.25) is 0 Å². The van der Waals surface area contributed by atoms with Gasteiger partial charge in [0.2, 0.25) is 0 Å². The quantitative estimate of drug-likeness (QED) is 0.450. The molecule has 0 aromatic heterocycles. The smallest absolute Gasteiger partial charge is 0.323 e. The Bertz CT molecular complexity index is 246. The van der Waals surface area contributed by atoms with Crippen LogP contribution in [0, 0.1) is 0 Å². The second-order valence-corrected chi connectivity index (χ2v) is 6.60. The van der Waals surface area contributed by atoms with Gasteiger partial charge in [-0.25, -0.2) is 0 Å². The van der Waals surface area contributed by atoms with Crippen molar-refractivity contribution in [2.45, 2.75) is 97.6 Å². The van der Waals surface area contributed by atoms with Crippen LogP contribution >= 0.6 is 0 Å². The van der Waals surface area contributed by atoms with Gasteiger partial charge in [-0.05, 0) is 40.2 Å². The van der Waals surface area contributed by atoms with Gasteiger partial charge in [0.15, 0.2) is 0 Å². The molecule has 0 aliphatic carbocycles. The second-order valence-electron chi connectivity index (χ2n) is 6.60. The number of hydrogen-bond donors (Lipinski definition) is 1. The van der Waals surface area contributed by atoms with E-state index in [9.17, 15) is 4.79 Å². The van der Waals surface area contributed by atoms with E-state index in [1.54, 1.807) is 0 Å². The van der Waals surface area contributed by atoms with Gasteiger partial charge in [0.25, 0.3) is 0 Å². The van der Waals surface area contributed by atoms with Gasteiger partial charge >= 0.3 is 5.97 Å². The standard InChI is InChI=1S/C17H35NO2/c1-6-8-9-10-11-12-13-15(18-14-7-2)16(19)20-17(3,4)5/h15,18H,6-14H2,1-5H3. The highest BCUT2D eigenvalue weighted by Crippen LogP contribution is 2.13. The summed E-state index contributed by atoms with van der Waals surface area (Å²) in [5.41, 5.74) is -0.398. The first-order valence-corrected chi connectivity index (χ1v) is 8.37. The van der Waals surface area contributed by atoms with E-state index in [2.05, 4.69) is 19.2 Å². The van der Waals surface area contributed by atoms with Gasteiger partial charge in [0.1, 0.15) is 11.6 Å². The van der Waals surface area contributed by atoms with Crippen molar-refractivity contribution in [3.8, 4) is 0 Å². The Morgan fingerprint density at radius 2 is 1.60 bits per heavy atom. The maximum Gasteiger partial charge on any atom is 0.323 e. The summed E-state index contributed by atoms with van der Waals surface area (Å²) in [4.78, 5) is 12.1. The van der Waals surface area contributed by atoms with Crippen molar-refractivity contribution in [2.75, 3.05) is 6.54 Å². The van der Waals surface area contributed by atoms with E-state index < -0.39 is 5.60 Å². The van der Waals surface area contributed by atoms with E-state index in [1.807, 2.05) is 20.8 Å². The monoisotopic (exact) mass is 285 g/mol. The fourth-order valence-corrected chi connectivity index (χ4v) is 2.12. The van der Waals surface area contributed by atoms with Crippen LogP contribution in [0.25, 0.3) is 0 Å². The van der Waals surface area contributed by atoms with E-state index in [0.717, 1.165) is 25.8 Å². The number of esters is 1. The first kappa shape index (κ1) is 19.4. The minimum Gasteiger partial charge on any atom is -0.459 e. The van der Waals surface area contributed by atoms with Crippen LogP contribution in [0.3, 0.4) is 0 Å². The molecule has 0 aromatic carbocycles. The topological polar surface area (TPSA) is 38.3 Å². The third-order valence-corrected chi connectivity index (χ3v) is 3.18. The van der Waals surface area contributed by atoms with Crippen LogP contribution in [-0.4, -0.2) is 24.2 Å². The number of unbranched alkanes of at least 4 members (excludes halogenated alkanes) is 5. The summed E-state index contributed by atoms with van der Waals surface area (Å²) in [7, 11) is 0. The van der Waals surface area contributed by atoms with Crippen molar-refractivity contribution >= 4 is 5.97 Å². The van der Waals surface area contributed by atoms with Crippen molar-refractivity contribution in [2.24, 2.45) is 0 Å². The fraction of sp³-hybridized carbons (Fsp3) is 0.941. The van der Waals surface area contributed by atoms with Gasteiger partial charge in [-0.1, -0.05) is 52.4 Å². The summed E-state index contributed by atoms with van der Waals surface area (Å²) in [6, 6.07) is -0.139. The average Bonchev–Trinajstić information content (AvgIpc) is 2.34. The van der Waals surface area contributed by atoms with Gasteiger partial charge in [-0.15, -0.1) is 0 Å². The van der Waals surface area contributed by atoms with E-state index in [4.69, 9.17) is 4.74 Å². The number of carbonyl (C=O) groups excluding carboxylic acids is 1. The lowest BCUT2D eigenvalue weighted by atomic mass is 10.1. The highest BCUT2D eigenvalue weighted by molar-refractivity contribution is 5.76. The average molecular weight is 285 g/mol. The lowest BCUT2D eigenvalue weighted by Crippen LogP contribution is -2.41. The van der Waals surface area contributed by atoms with Gasteiger partial charge in [0.05, 0.1) is 0 Å². The maximum absolute atomic E-state index is 12.1. The molecule has 0 spiro atoms. The summed E-state index contributed by atoms with van der Waals surface area (Å²) in [6.07, 6.45) is 9.44. The zero-order valence-corrected chi connectivity index (χ0v) is 14.3. The van der Waals surface area contributed by atoms with Gasteiger partial charge in [-0.3, -0.25) is 4.79 Å². The molecular weight excluding hydrogens is 250 g/mol. The third-order valence-electron chi connectivity index (χ3n) is 3.18. The number of hydrogen-bond acceptors (Lipinski definition) is 3. The maximum atomic E-state index is 12.1. The first-order chi connectivity index (χ1) is 9.40. The molecule has 0 bridgehead atoms. The van der Waals surface area contributed by atoms with Crippen molar-refractivity contribution in [3.05, 3.63) is 0 Å². The number of ether oxygens (including phenoxy) is 1. The minimum atomic E-state index is -0.398. The molecule has 0 radical (unpaired) electrons. The Morgan fingerprint density at radius 3 is 2.15 bits per heavy atom. The summed E-state index contributed by atoms with van der Waals surface area (Å²) < 4.78 is 5.49. The summed E-state index contributed by atoms with van der Waals surface area (Å²) in [5, 5.41) is 3.32. The predicted molar refractivity (Wildman–Crippen MR) is 85.9 cm³/mol. The van der Waals surface area contributed by atoms with Crippen LogP contribution in [0.1, 0.15) is 86.0 Å². The molecule has 1 atom stereocenters. The zero-order chi connectivity index (χ0) is 15.4. The minimum absolute atomic E-state index is 0.0977. The molecule has 3 nitrogen and oxygen atoms in total. The van der Waals surface area contributed by atoms with Gasteiger partial charge in [0, 0.05) is 0 Å². The molecule has 120 valence electrons. The predicted octanol–water partition coefficient (Wildman–Crippen LogP) is 4.45. The van der Waals surface area contributed by atoms with Crippen LogP contribution in [0.4, 0.5) is 0 Å². The van der Waals surface area contributed by atoms with Crippen molar-refractivity contribution in [1.29, 1.82) is 0 Å². The molecule has 3 heteroatoms. The molecule has 20 heavy (non-hydrogen) atoms. The zero-order valence-electron chi connectivity index (χ0n) is 14.3. The Labute approximate surface area is 125 Å². The fourth-order valence-electron chi connectivity index (χ4n) is 2.12. The third kappa shape index (κ3) is 11.3. The summed E-state index contributed by atoms with van der Waals surface area (Å²) >= 11 is 0. The lowest BCUT2D eigenvalue weighted by molar-refractivity contribution is -0.157. The van der Waals surface area contributed by atoms with E-state index in [0.29, 0.717) is 0 Å². The highest BCUT2D eigenvalue weighted by Gasteiger charge is 2.24. The van der Waals surface area contributed by atoms with Gasteiger partial charge in [-0.2, -0.15) is 0 Å². The Balaban J connectivity index is 4.04. The van der Waals surface area contributed by atoms with Crippen LogP contribution < -0.4 is 5.32 Å². The molecule has 0 saturated carbocycles. The largest absolute Gasteiger partial charge is 0.459 e. The van der Waals surface area contributed by atoms with Crippen LogP contribution in [0.5, 0.6) is 0 Å². The van der Waals surface area contributed by atoms with Crippen molar-refractivity contribution in [3.63, 3.8) is 0 Å². The second kappa shape index (κ2) is 11.1. The number of carbonyl (C=O) groups is 1. The molecule has 0 rings (SSSR count). The molecule has 1 unspecified atom stereocenters. The summed E-state index contributed by atoms with van der Waals surface area (Å²) in [6.45, 7) is 11.0. The Kier molecular flexibility index (Phi) is 10.8.